The maximum absolute atomic E-state index is 12.5. The summed E-state index contributed by atoms with van der Waals surface area (Å²) in [6.07, 6.45) is 7.13. The predicted octanol–water partition coefficient (Wildman–Crippen LogP) is 3.26. The van der Waals surface area contributed by atoms with Gasteiger partial charge in [-0.15, -0.1) is 5.10 Å². The number of anilines is 3. The van der Waals surface area contributed by atoms with Gasteiger partial charge in [0.25, 0.3) is 0 Å². The number of methoxy groups -OCH3 is 2. The minimum Gasteiger partial charge on any atom is -0.479 e. The molecule has 0 unspecified atom stereocenters. The average molecular weight is 634 g/mol. The Morgan fingerprint density at radius 2 is 1.98 bits per heavy atom. The van der Waals surface area contributed by atoms with Gasteiger partial charge in [0.1, 0.15) is 11.9 Å². The summed E-state index contributed by atoms with van der Waals surface area (Å²) in [5, 5.41) is 14.9. The molecule has 0 spiro atoms. The van der Waals surface area contributed by atoms with E-state index in [0.717, 1.165) is 29.6 Å². The van der Waals surface area contributed by atoms with Crippen LogP contribution >= 0.6 is 0 Å². The smallest absolute Gasteiger partial charge is 0.246 e. The SMILES string of the molecule is CCCNc1nc(Nc2ccc3c(c2)c(OC)nn3CCOC)ncc1C#CCCCNC(=O)[C@H](C)N(C)C(=O)/C=C/CN(C)C. The Labute approximate surface area is 271 Å². The zero-order chi connectivity index (χ0) is 33.5. The summed E-state index contributed by atoms with van der Waals surface area (Å²) in [4.78, 5) is 37.4. The number of hydrogen-bond donors (Lipinski definition) is 3. The molecule has 3 aromatic rings. The van der Waals surface area contributed by atoms with Gasteiger partial charge >= 0.3 is 0 Å². The highest BCUT2D eigenvalue weighted by atomic mass is 16.5. The molecule has 13 heteroatoms. The van der Waals surface area contributed by atoms with E-state index < -0.39 is 6.04 Å². The van der Waals surface area contributed by atoms with Gasteiger partial charge in [-0.05, 0) is 52.1 Å². The monoisotopic (exact) mass is 633 g/mol. The Bertz CT molecular complexity index is 1540. The van der Waals surface area contributed by atoms with E-state index in [1.807, 2.05) is 41.9 Å². The lowest BCUT2D eigenvalue weighted by Crippen LogP contribution is -2.45. The highest BCUT2D eigenvalue weighted by Crippen LogP contribution is 2.29. The van der Waals surface area contributed by atoms with Gasteiger partial charge < -0.3 is 35.2 Å². The van der Waals surface area contributed by atoms with Gasteiger partial charge in [-0.25, -0.2) is 4.98 Å². The molecule has 1 aromatic carbocycles. The highest BCUT2D eigenvalue weighted by molar-refractivity contribution is 5.92. The second kappa shape index (κ2) is 18.3. The fraction of sp³-hybridized carbons (Fsp3) is 0.485. The molecule has 0 bridgehead atoms. The third kappa shape index (κ3) is 10.5. The summed E-state index contributed by atoms with van der Waals surface area (Å²) in [6, 6.07) is 5.30. The van der Waals surface area contributed by atoms with Crippen molar-refractivity contribution in [3.63, 3.8) is 0 Å². The number of fused-ring (bicyclic) bond motifs is 1. The number of rotatable bonds is 17. The number of nitrogens with one attached hydrogen (secondary N) is 3. The van der Waals surface area contributed by atoms with Crippen molar-refractivity contribution in [3.8, 4) is 17.7 Å². The van der Waals surface area contributed by atoms with Gasteiger partial charge in [-0.3, -0.25) is 14.3 Å². The van der Waals surface area contributed by atoms with Gasteiger partial charge in [-0.2, -0.15) is 4.98 Å². The third-order valence-electron chi connectivity index (χ3n) is 7.04. The number of unbranched alkanes of at least 4 members (excludes halogenated alkanes) is 1. The summed E-state index contributed by atoms with van der Waals surface area (Å²) in [6.45, 7) is 6.80. The zero-order valence-corrected chi connectivity index (χ0v) is 28.0. The Morgan fingerprint density at radius 1 is 1.17 bits per heavy atom. The molecule has 13 nitrogen and oxygen atoms in total. The summed E-state index contributed by atoms with van der Waals surface area (Å²) in [5.74, 6) is 7.52. The fourth-order valence-corrected chi connectivity index (χ4v) is 4.31. The largest absolute Gasteiger partial charge is 0.479 e. The quantitative estimate of drug-likeness (QED) is 0.115. The number of amides is 2. The molecule has 0 aliphatic carbocycles. The van der Waals surface area contributed by atoms with Gasteiger partial charge in [0.15, 0.2) is 0 Å². The van der Waals surface area contributed by atoms with Crippen molar-refractivity contribution < 1.29 is 19.1 Å². The highest BCUT2D eigenvalue weighted by Gasteiger charge is 2.20. The lowest BCUT2D eigenvalue weighted by atomic mass is 10.2. The van der Waals surface area contributed by atoms with Gasteiger partial charge in [0.2, 0.25) is 23.6 Å². The first-order chi connectivity index (χ1) is 22.2. The van der Waals surface area contributed by atoms with Crippen LogP contribution in [0, 0.1) is 11.8 Å². The van der Waals surface area contributed by atoms with Crippen LogP contribution in [-0.4, -0.2) is 109 Å². The Balaban J connectivity index is 1.59. The van der Waals surface area contributed by atoms with E-state index in [9.17, 15) is 9.59 Å². The van der Waals surface area contributed by atoms with Crippen molar-refractivity contribution in [2.75, 3.05) is 72.2 Å². The van der Waals surface area contributed by atoms with Crippen LogP contribution in [0.2, 0.25) is 0 Å². The van der Waals surface area contributed by atoms with Crippen molar-refractivity contribution in [3.05, 3.63) is 42.1 Å². The molecule has 2 heterocycles. The summed E-state index contributed by atoms with van der Waals surface area (Å²) < 4.78 is 12.6. The van der Waals surface area contributed by atoms with Crippen LogP contribution in [0.4, 0.5) is 17.5 Å². The number of carbonyl (C=O) groups is 2. The minimum absolute atomic E-state index is 0.204. The standard InChI is InChI=1S/C33H47N9O4/c1-8-17-34-30-25(13-10-9-11-18-35-31(44)24(2)41(5)29(43)14-12-19-40(3)4)23-36-33(38-30)37-26-15-16-28-27(22-26)32(46-7)39-42(28)20-21-45-6/h12,14-16,22-24H,8-9,11,17-21H2,1-7H3,(H,35,44)(H2,34,36,37,38)/b14-12+/t24-/m0/s1. The van der Waals surface area contributed by atoms with E-state index in [4.69, 9.17) is 9.47 Å². The molecule has 46 heavy (non-hydrogen) atoms. The summed E-state index contributed by atoms with van der Waals surface area (Å²) in [7, 11) is 8.73. The van der Waals surface area contributed by atoms with Gasteiger partial charge in [0, 0.05) is 52.0 Å². The maximum Gasteiger partial charge on any atom is 0.246 e. The van der Waals surface area contributed by atoms with E-state index in [1.54, 1.807) is 40.5 Å². The lowest BCUT2D eigenvalue weighted by molar-refractivity contribution is -0.135. The molecule has 1 atom stereocenters. The Kier molecular flexibility index (Phi) is 14.3. The first-order valence-electron chi connectivity index (χ1n) is 15.4. The van der Waals surface area contributed by atoms with Crippen molar-refractivity contribution in [2.24, 2.45) is 0 Å². The average Bonchev–Trinajstić information content (AvgIpc) is 3.40. The fourth-order valence-electron chi connectivity index (χ4n) is 4.31. The molecule has 2 amide bonds. The molecule has 248 valence electrons. The van der Waals surface area contributed by atoms with Gasteiger partial charge in [0.05, 0.1) is 42.9 Å². The van der Waals surface area contributed by atoms with E-state index in [-0.39, 0.29) is 11.8 Å². The van der Waals surface area contributed by atoms with Crippen LogP contribution in [0.5, 0.6) is 5.88 Å². The molecule has 3 N–H and O–H groups in total. The zero-order valence-electron chi connectivity index (χ0n) is 28.0. The molecule has 0 aliphatic heterocycles. The maximum atomic E-state index is 12.5. The van der Waals surface area contributed by atoms with Crippen LogP contribution in [-0.2, 0) is 20.9 Å². The molecular formula is C33H47N9O4. The second-order valence-electron chi connectivity index (χ2n) is 11.0. The van der Waals surface area contributed by atoms with Crippen molar-refractivity contribution >= 4 is 40.2 Å². The summed E-state index contributed by atoms with van der Waals surface area (Å²) in [5.41, 5.74) is 2.43. The van der Waals surface area contributed by atoms with Crippen LogP contribution < -0.4 is 20.7 Å². The van der Waals surface area contributed by atoms with E-state index >= 15 is 0 Å². The molecule has 2 aromatic heterocycles. The predicted molar refractivity (Wildman–Crippen MR) is 181 cm³/mol. The van der Waals surface area contributed by atoms with E-state index in [0.29, 0.717) is 62.3 Å². The second-order valence-corrected chi connectivity index (χ2v) is 11.0. The van der Waals surface area contributed by atoms with Crippen LogP contribution in [0.3, 0.4) is 0 Å². The number of likely N-dealkylation sites (N-methyl/N-ethyl adjacent to an activating group) is 2. The minimum atomic E-state index is -0.582. The first-order valence-corrected chi connectivity index (χ1v) is 15.4. The van der Waals surface area contributed by atoms with E-state index in [1.165, 1.54) is 11.0 Å². The third-order valence-corrected chi connectivity index (χ3v) is 7.04. The lowest BCUT2D eigenvalue weighted by Gasteiger charge is -2.23. The van der Waals surface area contributed by atoms with Crippen LogP contribution in [0.1, 0.15) is 38.7 Å². The molecule has 0 radical (unpaired) electrons. The van der Waals surface area contributed by atoms with Gasteiger partial charge in [-0.1, -0.05) is 24.8 Å². The number of benzene rings is 1. The van der Waals surface area contributed by atoms with Crippen LogP contribution in [0.15, 0.2) is 36.5 Å². The van der Waals surface area contributed by atoms with E-state index in [2.05, 4.69) is 49.8 Å². The Morgan fingerprint density at radius 3 is 2.70 bits per heavy atom. The van der Waals surface area contributed by atoms with Crippen LogP contribution in [0.25, 0.3) is 10.9 Å². The molecule has 0 fully saturated rings. The number of carbonyl (C=O) groups excluding carboxylic acids is 2. The number of ether oxygens (including phenoxy) is 2. The molecule has 0 aliphatic rings. The Hall–Kier alpha value is -4.67. The van der Waals surface area contributed by atoms with Crippen molar-refractivity contribution in [1.29, 1.82) is 0 Å². The van der Waals surface area contributed by atoms with Crippen molar-refractivity contribution in [2.45, 2.75) is 45.7 Å². The first kappa shape index (κ1) is 35.8. The number of hydrogen-bond acceptors (Lipinski definition) is 10. The summed E-state index contributed by atoms with van der Waals surface area (Å²) >= 11 is 0. The molecule has 0 saturated heterocycles. The van der Waals surface area contributed by atoms with Crippen molar-refractivity contribution in [1.82, 2.24) is 34.9 Å². The molecular weight excluding hydrogens is 586 g/mol. The number of aromatic nitrogens is 4. The topological polar surface area (TPSA) is 139 Å². The molecule has 0 saturated carbocycles. The number of nitrogens with zero attached hydrogens (tertiary/aromatic N) is 6. The molecule has 3 rings (SSSR count). The normalized spacial score (nSPS) is 11.7.